The Morgan fingerprint density at radius 3 is 1.67 bits per heavy atom. The summed E-state index contributed by atoms with van der Waals surface area (Å²) in [7, 11) is 0. The van der Waals surface area contributed by atoms with Gasteiger partial charge in [-0.25, -0.2) is 15.0 Å². The number of nitriles is 2. The van der Waals surface area contributed by atoms with E-state index in [-0.39, 0.29) is 5.82 Å². The molecule has 7 aromatic carbocycles. The van der Waals surface area contributed by atoms with Gasteiger partial charge in [0.25, 0.3) is 0 Å². The standard InChI is InChI=1S/C47H27N7S/c48-28-32-24-35(25-33(29-49)44(32)47-51-45(30-14-4-1-5-15-30)50-46(52-47)31-16-6-2-7-17-31)54-38-21-11-10-20-36(38)37-26-41-43(27-40(37)54)55-42-23-13-12-22-39(42)53(41)34-18-8-3-9-19-34/h1-27H. The van der Waals surface area contributed by atoms with Crippen molar-refractivity contribution in [2.24, 2.45) is 0 Å². The van der Waals surface area contributed by atoms with Gasteiger partial charge < -0.3 is 9.47 Å². The minimum Gasteiger partial charge on any atom is -0.309 e. The van der Waals surface area contributed by atoms with E-state index in [1.165, 1.54) is 0 Å². The number of anilines is 3. The molecule has 0 fully saturated rings. The second-order valence-electron chi connectivity index (χ2n) is 13.1. The van der Waals surface area contributed by atoms with Crippen LogP contribution in [-0.2, 0) is 0 Å². The Hall–Kier alpha value is -7.52. The molecule has 0 amide bonds. The monoisotopic (exact) mass is 721 g/mol. The molecule has 7 nitrogen and oxygen atoms in total. The van der Waals surface area contributed by atoms with Crippen molar-refractivity contribution in [1.29, 1.82) is 10.5 Å². The number of hydrogen-bond donors (Lipinski definition) is 0. The predicted octanol–water partition coefficient (Wildman–Crippen LogP) is 11.6. The fraction of sp³-hybridized carbons (Fsp3) is 0. The largest absolute Gasteiger partial charge is 0.309 e. The third-order valence-corrected chi connectivity index (χ3v) is 11.0. The fourth-order valence-electron chi connectivity index (χ4n) is 7.44. The van der Waals surface area contributed by atoms with Gasteiger partial charge in [0, 0.05) is 43.1 Å². The van der Waals surface area contributed by atoms with Gasteiger partial charge in [-0.15, -0.1) is 0 Å². The SMILES string of the molecule is N#Cc1cc(-n2c3ccccc3c3cc4c(cc32)Sc2ccccc2N4c2ccccc2)cc(C#N)c1-c1nc(-c2ccccc2)nc(-c2ccccc2)n1. The molecule has 0 atom stereocenters. The van der Waals surface area contributed by atoms with E-state index in [1.807, 2.05) is 91.0 Å². The number of aromatic nitrogens is 4. The molecule has 55 heavy (non-hydrogen) atoms. The Bertz CT molecular complexity index is 2940. The zero-order valence-corrected chi connectivity index (χ0v) is 29.9. The second kappa shape index (κ2) is 13.2. The van der Waals surface area contributed by atoms with E-state index in [0.717, 1.165) is 59.8 Å². The van der Waals surface area contributed by atoms with Crippen LogP contribution in [0.4, 0.5) is 17.1 Å². The Balaban J connectivity index is 1.20. The zero-order chi connectivity index (χ0) is 36.9. The molecule has 0 saturated heterocycles. The molecule has 256 valence electrons. The fourth-order valence-corrected chi connectivity index (χ4v) is 8.52. The van der Waals surface area contributed by atoms with Gasteiger partial charge in [0.2, 0.25) is 0 Å². The van der Waals surface area contributed by atoms with Crippen LogP contribution in [0.2, 0.25) is 0 Å². The van der Waals surface area contributed by atoms with Crippen molar-refractivity contribution < 1.29 is 0 Å². The lowest BCUT2D eigenvalue weighted by atomic mass is 9.99. The summed E-state index contributed by atoms with van der Waals surface area (Å²) in [6, 6.07) is 59.5. The number of rotatable bonds is 5. The summed E-state index contributed by atoms with van der Waals surface area (Å²) >= 11 is 1.74. The smallest absolute Gasteiger partial charge is 0.166 e. The quantitative estimate of drug-likeness (QED) is 0.175. The first kappa shape index (κ1) is 32.2. The van der Waals surface area contributed by atoms with Gasteiger partial charge in [-0.3, -0.25) is 0 Å². The summed E-state index contributed by atoms with van der Waals surface area (Å²) in [6.45, 7) is 0. The molecule has 0 spiro atoms. The maximum Gasteiger partial charge on any atom is 0.166 e. The van der Waals surface area contributed by atoms with Gasteiger partial charge in [0.1, 0.15) is 12.1 Å². The third kappa shape index (κ3) is 5.40. The van der Waals surface area contributed by atoms with E-state index in [2.05, 4.69) is 94.4 Å². The van der Waals surface area contributed by atoms with Crippen molar-refractivity contribution in [2.45, 2.75) is 9.79 Å². The highest BCUT2D eigenvalue weighted by Crippen LogP contribution is 2.53. The maximum absolute atomic E-state index is 10.8. The molecule has 9 aromatic rings. The van der Waals surface area contributed by atoms with Crippen LogP contribution in [0, 0.1) is 22.7 Å². The summed E-state index contributed by atoms with van der Waals surface area (Å²) in [5.41, 5.74) is 8.50. The molecule has 10 rings (SSSR count). The van der Waals surface area contributed by atoms with Crippen LogP contribution >= 0.6 is 11.8 Å². The highest BCUT2D eigenvalue weighted by molar-refractivity contribution is 7.99. The average molecular weight is 722 g/mol. The van der Waals surface area contributed by atoms with Gasteiger partial charge in [-0.1, -0.05) is 121 Å². The lowest BCUT2D eigenvalue weighted by molar-refractivity contribution is 1.07. The molecule has 3 heterocycles. The topological polar surface area (TPSA) is 94.4 Å². The molecule has 0 radical (unpaired) electrons. The van der Waals surface area contributed by atoms with Crippen LogP contribution in [0.1, 0.15) is 11.1 Å². The first-order chi connectivity index (χ1) is 27.2. The minimum absolute atomic E-state index is 0.264. The van der Waals surface area contributed by atoms with E-state index < -0.39 is 0 Å². The third-order valence-electron chi connectivity index (χ3n) is 9.88. The van der Waals surface area contributed by atoms with E-state index in [9.17, 15) is 10.5 Å². The first-order valence-electron chi connectivity index (χ1n) is 17.7. The maximum atomic E-state index is 10.8. The first-order valence-corrected chi connectivity index (χ1v) is 18.6. The molecule has 1 aliphatic heterocycles. The second-order valence-corrected chi connectivity index (χ2v) is 14.2. The summed E-state index contributed by atoms with van der Waals surface area (Å²) in [5, 5.41) is 23.7. The van der Waals surface area contributed by atoms with Gasteiger partial charge in [0.15, 0.2) is 17.5 Å². The van der Waals surface area contributed by atoms with Crippen LogP contribution in [0.25, 0.3) is 61.7 Å². The Morgan fingerprint density at radius 2 is 1.02 bits per heavy atom. The van der Waals surface area contributed by atoms with Crippen molar-refractivity contribution in [3.63, 3.8) is 0 Å². The zero-order valence-electron chi connectivity index (χ0n) is 29.1. The molecule has 8 heteroatoms. The molecule has 0 N–H and O–H groups in total. The highest BCUT2D eigenvalue weighted by Gasteiger charge is 2.28. The van der Waals surface area contributed by atoms with E-state index in [4.69, 9.17) is 15.0 Å². The Morgan fingerprint density at radius 1 is 0.455 bits per heavy atom. The Kier molecular flexibility index (Phi) is 7.69. The van der Waals surface area contributed by atoms with Crippen molar-refractivity contribution in [2.75, 3.05) is 4.90 Å². The number of para-hydroxylation sites is 3. The van der Waals surface area contributed by atoms with Crippen molar-refractivity contribution in [3.8, 4) is 52.0 Å². The predicted molar refractivity (Wildman–Crippen MR) is 219 cm³/mol. The Labute approximate surface area is 321 Å². The molecule has 1 aliphatic rings. The van der Waals surface area contributed by atoms with Crippen molar-refractivity contribution >= 4 is 50.6 Å². The summed E-state index contributed by atoms with van der Waals surface area (Å²) in [6.07, 6.45) is 0. The van der Waals surface area contributed by atoms with Gasteiger partial charge in [-0.2, -0.15) is 10.5 Å². The van der Waals surface area contributed by atoms with Crippen molar-refractivity contribution in [3.05, 3.63) is 175 Å². The molecular weight excluding hydrogens is 695 g/mol. The molecule has 0 unspecified atom stereocenters. The number of nitrogens with zero attached hydrogens (tertiary/aromatic N) is 7. The molecule has 0 aliphatic carbocycles. The highest BCUT2D eigenvalue weighted by atomic mass is 32.2. The van der Waals surface area contributed by atoms with Gasteiger partial charge >= 0.3 is 0 Å². The lowest BCUT2D eigenvalue weighted by Gasteiger charge is -2.33. The van der Waals surface area contributed by atoms with Gasteiger partial charge in [0.05, 0.1) is 39.1 Å². The van der Waals surface area contributed by atoms with E-state index in [1.54, 1.807) is 11.8 Å². The van der Waals surface area contributed by atoms with Crippen LogP contribution in [-0.4, -0.2) is 19.5 Å². The summed E-state index contributed by atoms with van der Waals surface area (Å²) < 4.78 is 2.16. The van der Waals surface area contributed by atoms with Crippen LogP contribution in [0.3, 0.4) is 0 Å². The van der Waals surface area contributed by atoms with Crippen molar-refractivity contribution in [1.82, 2.24) is 19.5 Å². The van der Waals surface area contributed by atoms with E-state index >= 15 is 0 Å². The van der Waals surface area contributed by atoms with Crippen LogP contribution in [0.15, 0.2) is 174 Å². The lowest BCUT2D eigenvalue weighted by Crippen LogP contribution is -2.14. The molecular formula is C47H27N7S. The molecule has 2 aromatic heterocycles. The van der Waals surface area contributed by atoms with Crippen LogP contribution < -0.4 is 4.90 Å². The number of fused-ring (bicyclic) bond motifs is 5. The molecule has 0 saturated carbocycles. The van der Waals surface area contributed by atoms with Crippen LogP contribution in [0.5, 0.6) is 0 Å². The normalized spacial score (nSPS) is 11.9. The number of benzene rings is 7. The van der Waals surface area contributed by atoms with Gasteiger partial charge in [-0.05, 0) is 54.6 Å². The number of hydrogen-bond acceptors (Lipinski definition) is 7. The minimum atomic E-state index is 0.264. The summed E-state index contributed by atoms with van der Waals surface area (Å²) in [5.74, 6) is 1.17. The average Bonchev–Trinajstić information content (AvgIpc) is 3.58. The van der Waals surface area contributed by atoms with E-state index in [0.29, 0.717) is 34.0 Å². The summed E-state index contributed by atoms with van der Waals surface area (Å²) in [4.78, 5) is 19.1. The molecule has 0 bridgehead atoms.